The topological polar surface area (TPSA) is 67.9 Å². The first-order valence-corrected chi connectivity index (χ1v) is 9.95. The summed E-state index contributed by atoms with van der Waals surface area (Å²) in [5, 5.41) is 0. The summed E-state index contributed by atoms with van der Waals surface area (Å²) in [4.78, 5) is 0. The summed E-state index contributed by atoms with van der Waals surface area (Å²) >= 11 is 0. The molecule has 1 aliphatic heterocycles. The fraction of sp³-hybridized carbons (Fsp3) is 0.368. The Balaban J connectivity index is 1.82. The Morgan fingerprint density at radius 1 is 1.12 bits per heavy atom. The molecule has 140 valence electrons. The first kappa shape index (κ1) is 18.7. The van der Waals surface area contributed by atoms with Gasteiger partial charge in [0.2, 0.25) is 0 Å². The SMILES string of the molecule is COc1cc2c(cc1OC)C(C)N(S(=O)(=O)NCc1ccccc1)CC2. The van der Waals surface area contributed by atoms with E-state index in [-0.39, 0.29) is 12.6 Å². The lowest BCUT2D eigenvalue weighted by Gasteiger charge is -2.34. The van der Waals surface area contributed by atoms with E-state index in [0.29, 0.717) is 24.5 Å². The van der Waals surface area contributed by atoms with Crippen LogP contribution in [0.5, 0.6) is 11.5 Å². The minimum Gasteiger partial charge on any atom is -0.493 e. The highest BCUT2D eigenvalue weighted by molar-refractivity contribution is 7.87. The largest absolute Gasteiger partial charge is 0.493 e. The predicted molar refractivity (Wildman–Crippen MR) is 101 cm³/mol. The van der Waals surface area contributed by atoms with E-state index in [4.69, 9.17) is 9.47 Å². The van der Waals surface area contributed by atoms with Gasteiger partial charge in [0.25, 0.3) is 10.2 Å². The van der Waals surface area contributed by atoms with Crippen molar-refractivity contribution in [3.63, 3.8) is 0 Å². The van der Waals surface area contributed by atoms with E-state index in [1.165, 1.54) is 4.31 Å². The molecule has 6 nitrogen and oxygen atoms in total. The van der Waals surface area contributed by atoms with Crippen molar-refractivity contribution in [2.24, 2.45) is 0 Å². The standard InChI is InChI=1S/C19H24N2O4S/c1-14-17-12-19(25-3)18(24-2)11-16(17)9-10-21(14)26(22,23)20-13-15-7-5-4-6-8-15/h4-8,11-12,14,20H,9-10,13H2,1-3H3. The summed E-state index contributed by atoms with van der Waals surface area (Å²) < 4.78 is 40.6. The van der Waals surface area contributed by atoms with Crippen LogP contribution in [0.2, 0.25) is 0 Å². The fourth-order valence-electron chi connectivity index (χ4n) is 3.30. The second kappa shape index (κ2) is 7.65. The first-order valence-electron chi connectivity index (χ1n) is 8.51. The summed E-state index contributed by atoms with van der Waals surface area (Å²) in [6, 6.07) is 13.0. The summed E-state index contributed by atoms with van der Waals surface area (Å²) in [5.41, 5.74) is 2.95. The Morgan fingerprint density at radius 3 is 2.42 bits per heavy atom. The highest BCUT2D eigenvalue weighted by Gasteiger charge is 2.33. The molecule has 1 heterocycles. The lowest BCUT2D eigenvalue weighted by atomic mass is 9.94. The van der Waals surface area contributed by atoms with Crippen molar-refractivity contribution < 1.29 is 17.9 Å². The molecule has 1 aliphatic rings. The van der Waals surface area contributed by atoms with Crippen LogP contribution in [0.4, 0.5) is 0 Å². The molecule has 0 fully saturated rings. The Kier molecular flexibility index (Phi) is 5.50. The Bertz CT molecular complexity index is 869. The molecule has 26 heavy (non-hydrogen) atoms. The highest BCUT2D eigenvalue weighted by Crippen LogP contribution is 2.38. The van der Waals surface area contributed by atoms with Crippen LogP contribution in [0.25, 0.3) is 0 Å². The van der Waals surface area contributed by atoms with Gasteiger partial charge in [0.05, 0.1) is 14.2 Å². The molecule has 0 spiro atoms. The molecular formula is C19H24N2O4S. The van der Waals surface area contributed by atoms with Gasteiger partial charge < -0.3 is 9.47 Å². The maximum absolute atomic E-state index is 12.8. The van der Waals surface area contributed by atoms with Crippen LogP contribution in [-0.4, -0.2) is 33.5 Å². The van der Waals surface area contributed by atoms with E-state index in [0.717, 1.165) is 16.7 Å². The number of ether oxygens (including phenoxy) is 2. The molecule has 0 amide bonds. The van der Waals surface area contributed by atoms with Crippen molar-refractivity contribution in [2.45, 2.75) is 25.9 Å². The third kappa shape index (κ3) is 3.70. The molecule has 0 radical (unpaired) electrons. The van der Waals surface area contributed by atoms with E-state index in [2.05, 4.69) is 4.72 Å². The number of fused-ring (bicyclic) bond motifs is 1. The van der Waals surface area contributed by atoms with Crippen LogP contribution < -0.4 is 14.2 Å². The van der Waals surface area contributed by atoms with Gasteiger partial charge in [0.1, 0.15) is 0 Å². The molecule has 1 atom stereocenters. The monoisotopic (exact) mass is 376 g/mol. The molecule has 7 heteroatoms. The van der Waals surface area contributed by atoms with Crippen molar-refractivity contribution in [1.29, 1.82) is 0 Å². The molecular weight excluding hydrogens is 352 g/mol. The van der Waals surface area contributed by atoms with E-state index in [1.54, 1.807) is 14.2 Å². The maximum atomic E-state index is 12.8. The van der Waals surface area contributed by atoms with Gasteiger partial charge in [0, 0.05) is 19.1 Å². The molecule has 0 bridgehead atoms. The van der Waals surface area contributed by atoms with Gasteiger partial charge in [-0.3, -0.25) is 0 Å². The van der Waals surface area contributed by atoms with Crippen LogP contribution in [0.3, 0.4) is 0 Å². The zero-order chi connectivity index (χ0) is 18.7. The minimum absolute atomic E-state index is 0.269. The predicted octanol–water partition coefficient (Wildman–Crippen LogP) is 2.66. The second-order valence-corrected chi connectivity index (χ2v) is 7.96. The maximum Gasteiger partial charge on any atom is 0.280 e. The van der Waals surface area contributed by atoms with Gasteiger partial charge in [-0.1, -0.05) is 30.3 Å². The molecule has 1 unspecified atom stereocenters. The molecule has 0 aliphatic carbocycles. The van der Waals surface area contributed by atoms with Crippen LogP contribution >= 0.6 is 0 Å². The Hall–Kier alpha value is -2.09. The lowest BCUT2D eigenvalue weighted by molar-refractivity contribution is 0.314. The normalized spacial score (nSPS) is 17.6. The third-order valence-electron chi connectivity index (χ3n) is 4.74. The van der Waals surface area contributed by atoms with E-state index < -0.39 is 10.2 Å². The zero-order valence-corrected chi connectivity index (χ0v) is 16.0. The van der Waals surface area contributed by atoms with Gasteiger partial charge in [0.15, 0.2) is 11.5 Å². The molecule has 2 aromatic rings. The van der Waals surface area contributed by atoms with Gasteiger partial charge in [-0.25, -0.2) is 0 Å². The smallest absolute Gasteiger partial charge is 0.280 e. The summed E-state index contributed by atoms with van der Waals surface area (Å²) in [5.74, 6) is 1.27. The second-order valence-electron chi connectivity index (χ2n) is 6.25. The number of nitrogens with one attached hydrogen (secondary N) is 1. The van der Waals surface area contributed by atoms with Gasteiger partial charge >= 0.3 is 0 Å². The number of hydrogen-bond acceptors (Lipinski definition) is 4. The highest BCUT2D eigenvalue weighted by atomic mass is 32.2. The molecule has 3 rings (SSSR count). The zero-order valence-electron chi connectivity index (χ0n) is 15.2. The van der Waals surface area contributed by atoms with E-state index >= 15 is 0 Å². The van der Waals surface area contributed by atoms with Crippen LogP contribution in [-0.2, 0) is 23.2 Å². The fourth-order valence-corrected chi connectivity index (χ4v) is 4.68. The van der Waals surface area contributed by atoms with E-state index in [9.17, 15) is 8.42 Å². The number of hydrogen-bond donors (Lipinski definition) is 1. The van der Waals surface area contributed by atoms with Gasteiger partial charge in [-0.15, -0.1) is 0 Å². The Morgan fingerprint density at radius 2 is 1.77 bits per heavy atom. The first-order chi connectivity index (χ1) is 12.5. The number of rotatable bonds is 6. The summed E-state index contributed by atoms with van der Waals surface area (Å²) in [6.45, 7) is 2.59. The number of nitrogens with zero attached hydrogens (tertiary/aromatic N) is 1. The lowest BCUT2D eigenvalue weighted by Crippen LogP contribution is -2.45. The van der Waals surface area contributed by atoms with Crippen molar-refractivity contribution >= 4 is 10.2 Å². The number of methoxy groups -OCH3 is 2. The van der Waals surface area contributed by atoms with Crippen molar-refractivity contribution in [3.05, 3.63) is 59.2 Å². The number of benzene rings is 2. The molecule has 1 N–H and O–H groups in total. The summed E-state index contributed by atoms with van der Waals surface area (Å²) in [7, 11) is -0.422. The molecule has 0 saturated heterocycles. The van der Waals surface area contributed by atoms with Crippen LogP contribution in [0.15, 0.2) is 42.5 Å². The minimum atomic E-state index is -3.60. The van der Waals surface area contributed by atoms with Crippen LogP contribution in [0.1, 0.15) is 29.7 Å². The Labute approximate surface area is 154 Å². The van der Waals surface area contributed by atoms with Crippen LogP contribution in [0, 0.1) is 0 Å². The van der Waals surface area contributed by atoms with Gasteiger partial charge in [-0.05, 0) is 42.2 Å². The summed E-state index contributed by atoms with van der Waals surface area (Å²) in [6.07, 6.45) is 0.631. The van der Waals surface area contributed by atoms with Crippen molar-refractivity contribution in [3.8, 4) is 11.5 Å². The molecule has 0 aromatic heterocycles. The average molecular weight is 376 g/mol. The molecule has 0 saturated carbocycles. The quantitative estimate of drug-likeness (QED) is 0.842. The van der Waals surface area contributed by atoms with Crippen molar-refractivity contribution in [1.82, 2.24) is 9.03 Å². The third-order valence-corrected chi connectivity index (χ3v) is 6.36. The van der Waals surface area contributed by atoms with E-state index in [1.807, 2.05) is 49.4 Å². The molecule has 2 aromatic carbocycles. The van der Waals surface area contributed by atoms with Crippen molar-refractivity contribution in [2.75, 3.05) is 20.8 Å². The van der Waals surface area contributed by atoms with Gasteiger partial charge in [-0.2, -0.15) is 17.4 Å². The average Bonchev–Trinajstić information content (AvgIpc) is 2.66.